The Labute approximate surface area is 194 Å². The van der Waals surface area contributed by atoms with Crippen LogP contribution in [0.4, 0.5) is 0 Å². The van der Waals surface area contributed by atoms with Crippen molar-refractivity contribution in [2.75, 3.05) is 5.75 Å². The third-order valence-corrected chi connectivity index (χ3v) is 6.68. The minimum absolute atomic E-state index is 0.126. The van der Waals surface area contributed by atoms with Crippen molar-refractivity contribution in [3.05, 3.63) is 36.2 Å². The predicted molar refractivity (Wildman–Crippen MR) is 125 cm³/mol. The van der Waals surface area contributed by atoms with Gasteiger partial charge in [0.1, 0.15) is 17.9 Å². The molecule has 1 fully saturated rings. The smallest absolute Gasteiger partial charge is 0.231 e. The van der Waals surface area contributed by atoms with Crippen LogP contribution < -0.4 is 10.1 Å². The van der Waals surface area contributed by atoms with Crippen molar-refractivity contribution in [3.8, 4) is 11.8 Å². The number of carbonyl (C=O) groups excluding carboxylic acids is 1. The average Bonchev–Trinajstić information content (AvgIpc) is 3.03. The highest BCUT2D eigenvalue weighted by Crippen LogP contribution is 2.27. The van der Waals surface area contributed by atoms with E-state index in [0.717, 1.165) is 63.1 Å². The maximum atomic E-state index is 12.7. The number of nitriles is 1. The average molecular weight is 456 g/mol. The molecule has 0 bridgehead atoms. The second-order valence-corrected chi connectivity index (χ2v) is 9.72. The summed E-state index contributed by atoms with van der Waals surface area (Å²) in [5.74, 6) is 2.15. The summed E-state index contributed by atoms with van der Waals surface area (Å²) in [7, 11) is 0. The molecule has 1 amide bonds. The topological polar surface area (TPSA) is 92.8 Å². The third kappa shape index (κ3) is 6.99. The zero-order chi connectivity index (χ0) is 22.8. The standard InChI is InChI=1S/C24H33N5O2S/c1-19(2)12-15-29-21(16-31-20-10-6-5-7-11-20)27-28-23(29)32-17-22(30)26-24(18-25)13-8-3-4-9-14-24/h5-7,10-11,19H,3-4,8-9,12-17H2,1-2H3,(H,26,30). The number of hydrogen-bond acceptors (Lipinski definition) is 6. The molecule has 32 heavy (non-hydrogen) atoms. The molecule has 0 saturated heterocycles. The molecule has 8 heteroatoms. The van der Waals surface area contributed by atoms with Crippen LogP contribution in [0.5, 0.6) is 5.75 Å². The van der Waals surface area contributed by atoms with Crippen molar-refractivity contribution in [2.24, 2.45) is 5.92 Å². The molecular formula is C24H33N5O2S. The summed E-state index contributed by atoms with van der Waals surface area (Å²) in [4.78, 5) is 12.7. The molecule has 1 aliphatic carbocycles. The number of aromatic nitrogens is 3. The van der Waals surface area contributed by atoms with Gasteiger partial charge < -0.3 is 14.6 Å². The zero-order valence-corrected chi connectivity index (χ0v) is 19.9. The van der Waals surface area contributed by atoms with Crippen LogP contribution >= 0.6 is 11.8 Å². The van der Waals surface area contributed by atoms with E-state index in [0.29, 0.717) is 17.7 Å². The number of para-hydroxylation sites is 1. The van der Waals surface area contributed by atoms with Crippen molar-refractivity contribution in [3.63, 3.8) is 0 Å². The van der Waals surface area contributed by atoms with Crippen LogP contribution in [0.2, 0.25) is 0 Å². The predicted octanol–water partition coefficient (Wildman–Crippen LogP) is 4.73. The fourth-order valence-electron chi connectivity index (χ4n) is 3.84. The highest BCUT2D eigenvalue weighted by Gasteiger charge is 2.32. The van der Waals surface area contributed by atoms with Crippen LogP contribution in [0.15, 0.2) is 35.5 Å². The quantitative estimate of drug-likeness (QED) is 0.411. The number of hydrogen-bond donors (Lipinski definition) is 1. The van der Waals surface area contributed by atoms with Crippen molar-refractivity contribution < 1.29 is 9.53 Å². The molecule has 0 unspecified atom stereocenters. The van der Waals surface area contributed by atoms with Gasteiger partial charge in [0.15, 0.2) is 11.0 Å². The lowest BCUT2D eigenvalue weighted by molar-refractivity contribution is -0.120. The van der Waals surface area contributed by atoms with Gasteiger partial charge in [-0.25, -0.2) is 0 Å². The lowest BCUT2D eigenvalue weighted by Crippen LogP contribution is -2.47. The maximum absolute atomic E-state index is 12.7. The Bertz CT molecular complexity index is 899. The second kappa shape index (κ2) is 11.9. The van der Waals surface area contributed by atoms with Crippen LogP contribution in [-0.2, 0) is 17.9 Å². The van der Waals surface area contributed by atoms with Gasteiger partial charge in [-0.05, 0) is 37.3 Å². The Balaban J connectivity index is 1.63. The number of nitrogens with one attached hydrogen (secondary N) is 1. The number of rotatable bonds is 10. The van der Waals surface area contributed by atoms with E-state index in [4.69, 9.17) is 4.74 Å². The van der Waals surface area contributed by atoms with Crippen molar-refractivity contribution in [2.45, 2.75) is 82.6 Å². The SMILES string of the molecule is CC(C)CCn1c(COc2ccccc2)nnc1SCC(=O)NC1(C#N)CCCCCC1. The molecule has 1 N–H and O–H groups in total. The first-order valence-corrected chi connectivity index (χ1v) is 12.4. The normalized spacial score (nSPS) is 15.7. The fourth-order valence-corrected chi connectivity index (χ4v) is 4.62. The summed E-state index contributed by atoms with van der Waals surface area (Å²) in [6.45, 7) is 5.45. The number of amides is 1. The van der Waals surface area contributed by atoms with E-state index >= 15 is 0 Å². The van der Waals surface area contributed by atoms with E-state index < -0.39 is 5.54 Å². The highest BCUT2D eigenvalue weighted by atomic mass is 32.2. The third-order valence-electron chi connectivity index (χ3n) is 5.72. The Morgan fingerprint density at radius 2 is 1.94 bits per heavy atom. The van der Waals surface area contributed by atoms with Crippen LogP contribution in [-0.4, -0.2) is 32.0 Å². The van der Waals surface area contributed by atoms with Crippen LogP contribution in [0, 0.1) is 17.2 Å². The van der Waals surface area contributed by atoms with Crippen LogP contribution in [0.1, 0.15) is 64.6 Å². The number of ether oxygens (including phenoxy) is 1. The Hall–Kier alpha value is -2.53. The summed E-state index contributed by atoms with van der Waals surface area (Å²) in [6.07, 6.45) is 6.65. The lowest BCUT2D eigenvalue weighted by atomic mass is 9.92. The largest absolute Gasteiger partial charge is 0.486 e. The molecule has 1 aromatic carbocycles. The molecule has 0 spiro atoms. The van der Waals surface area contributed by atoms with Gasteiger partial charge in [-0.15, -0.1) is 10.2 Å². The van der Waals surface area contributed by atoms with Gasteiger partial charge in [-0.1, -0.05) is 69.5 Å². The first-order valence-electron chi connectivity index (χ1n) is 11.5. The van der Waals surface area contributed by atoms with E-state index in [2.05, 4.69) is 35.4 Å². The van der Waals surface area contributed by atoms with Gasteiger partial charge >= 0.3 is 0 Å². The van der Waals surface area contributed by atoms with Crippen LogP contribution in [0.25, 0.3) is 0 Å². The van der Waals surface area contributed by atoms with Crippen molar-refractivity contribution >= 4 is 17.7 Å². The van der Waals surface area contributed by atoms with Gasteiger partial charge in [0, 0.05) is 6.54 Å². The molecule has 1 heterocycles. The molecule has 1 aliphatic rings. The number of benzene rings is 1. The first-order chi connectivity index (χ1) is 15.5. The molecule has 0 radical (unpaired) electrons. The molecule has 2 aromatic rings. The molecule has 172 valence electrons. The first kappa shape index (κ1) is 24.1. The monoisotopic (exact) mass is 455 g/mol. The molecule has 0 aliphatic heterocycles. The van der Waals surface area contributed by atoms with Crippen LogP contribution in [0.3, 0.4) is 0 Å². The molecular weight excluding hydrogens is 422 g/mol. The summed E-state index contributed by atoms with van der Waals surface area (Å²) in [6, 6.07) is 12.0. The summed E-state index contributed by atoms with van der Waals surface area (Å²) >= 11 is 1.36. The molecule has 3 rings (SSSR count). The summed E-state index contributed by atoms with van der Waals surface area (Å²) < 4.78 is 7.92. The highest BCUT2D eigenvalue weighted by molar-refractivity contribution is 7.99. The van der Waals surface area contributed by atoms with E-state index in [1.165, 1.54) is 11.8 Å². The minimum Gasteiger partial charge on any atom is -0.486 e. The molecule has 1 aromatic heterocycles. The van der Waals surface area contributed by atoms with Gasteiger partial charge in [0.2, 0.25) is 5.91 Å². The number of carbonyl (C=O) groups is 1. The Morgan fingerprint density at radius 1 is 1.22 bits per heavy atom. The summed E-state index contributed by atoms with van der Waals surface area (Å²) in [5.41, 5.74) is -0.728. The number of nitrogens with zero attached hydrogens (tertiary/aromatic N) is 4. The molecule has 1 saturated carbocycles. The Kier molecular flexibility index (Phi) is 8.98. The second-order valence-electron chi connectivity index (χ2n) is 8.78. The van der Waals surface area contributed by atoms with Gasteiger partial charge in [0.05, 0.1) is 11.8 Å². The van der Waals surface area contributed by atoms with Gasteiger partial charge in [-0.3, -0.25) is 4.79 Å². The number of thioether (sulfide) groups is 1. The van der Waals surface area contributed by atoms with E-state index in [9.17, 15) is 10.1 Å². The van der Waals surface area contributed by atoms with E-state index in [1.807, 2.05) is 34.9 Å². The lowest BCUT2D eigenvalue weighted by Gasteiger charge is -2.26. The Morgan fingerprint density at radius 3 is 2.59 bits per heavy atom. The van der Waals surface area contributed by atoms with Crippen molar-refractivity contribution in [1.82, 2.24) is 20.1 Å². The van der Waals surface area contributed by atoms with Gasteiger partial charge in [0.25, 0.3) is 0 Å². The maximum Gasteiger partial charge on any atom is 0.231 e. The minimum atomic E-state index is -0.728. The fraction of sp³-hybridized carbons (Fsp3) is 0.583. The molecule has 0 atom stereocenters. The molecule has 7 nitrogen and oxygen atoms in total. The van der Waals surface area contributed by atoms with Gasteiger partial charge in [-0.2, -0.15) is 5.26 Å². The summed E-state index contributed by atoms with van der Waals surface area (Å²) in [5, 5.41) is 22.1. The van der Waals surface area contributed by atoms with E-state index in [1.54, 1.807) is 0 Å². The zero-order valence-electron chi connectivity index (χ0n) is 19.0. The van der Waals surface area contributed by atoms with Crippen molar-refractivity contribution in [1.29, 1.82) is 5.26 Å². The van der Waals surface area contributed by atoms with E-state index in [-0.39, 0.29) is 11.7 Å².